The Morgan fingerprint density at radius 2 is 2.20 bits per heavy atom. The number of rotatable bonds is 1. The molecule has 2 heterocycles. The summed E-state index contributed by atoms with van der Waals surface area (Å²) in [5, 5.41) is 0. The fraction of sp³-hybridized carbons (Fsp3) is 0.600. The van der Waals surface area contributed by atoms with Crippen LogP contribution in [0.3, 0.4) is 0 Å². The number of aryl methyl sites for hydroxylation is 1. The summed E-state index contributed by atoms with van der Waals surface area (Å²) in [6, 6.07) is 2.14. The van der Waals surface area contributed by atoms with Gasteiger partial charge in [-0.1, -0.05) is 12.2 Å². The minimum absolute atomic E-state index is 0.0791. The molecule has 1 atom stereocenters. The molecule has 1 fully saturated rings. The van der Waals surface area contributed by atoms with Crippen molar-refractivity contribution in [3.63, 3.8) is 0 Å². The Bertz CT molecular complexity index is 560. The van der Waals surface area contributed by atoms with Crippen LogP contribution >= 0.6 is 12.2 Å². The highest BCUT2D eigenvalue weighted by molar-refractivity contribution is 7.71. The third-order valence-electron chi connectivity index (χ3n) is 3.38. The largest absolute Gasteiger partial charge is 0.444 e. The maximum atomic E-state index is 12.3. The third-order valence-corrected chi connectivity index (χ3v) is 3.82. The van der Waals surface area contributed by atoms with Gasteiger partial charge in [-0.05, 0) is 57.7 Å². The zero-order valence-corrected chi connectivity index (χ0v) is 13.3. The standard InChI is InChI=1S/C15H22N2O2S/c1-10-8-11(9-16-13(10)20)12-6-5-7-17(12)14(18)19-15(2,3)4/h8-9,12H,5-7H2,1-4H3,(H,16,20)/t12-/m1/s1. The van der Waals surface area contributed by atoms with Crippen molar-refractivity contribution in [2.45, 2.75) is 52.2 Å². The van der Waals surface area contributed by atoms with Crippen LogP contribution in [0.2, 0.25) is 0 Å². The molecule has 1 aliphatic heterocycles. The summed E-state index contributed by atoms with van der Waals surface area (Å²) in [5.74, 6) is 0. The van der Waals surface area contributed by atoms with Gasteiger partial charge < -0.3 is 14.6 Å². The maximum absolute atomic E-state index is 12.3. The van der Waals surface area contributed by atoms with Crippen LogP contribution in [0.4, 0.5) is 4.79 Å². The van der Waals surface area contributed by atoms with Crippen molar-refractivity contribution < 1.29 is 9.53 Å². The van der Waals surface area contributed by atoms with Crippen molar-refractivity contribution >= 4 is 18.3 Å². The minimum atomic E-state index is -0.462. The number of nitrogens with zero attached hydrogens (tertiary/aromatic N) is 1. The van der Waals surface area contributed by atoms with Gasteiger partial charge in [0, 0.05) is 12.7 Å². The van der Waals surface area contributed by atoms with Crippen LogP contribution in [0, 0.1) is 11.6 Å². The second-order valence-corrected chi connectivity index (χ2v) is 6.69. The molecule has 20 heavy (non-hydrogen) atoms. The second kappa shape index (κ2) is 5.56. The summed E-state index contributed by atoms with van der Waals surface area (Å²) >= 11 is 5.18. The van der Waals surface area contributed by atoms with E-state index in [1.165, 1.54) is 0 Å². The SMILES string of the molecule is Cc1cc([C@H]2CCCN2C(=O)OC(C)(C)C)c[nH]c1=S. The smallest absolute Gasteiger partial charge is 0.410 e. The van der Waals surface area contributed by atoms with Crippen LogP contribution in [-0.4, -0.2) is 28.1 Å². The van der Waals surface area contributed by atoms with Crippen LogP contribution in [0.1, 0.15) is 50.8 Å². The molecule has 0 spiro atoms. The number of aromatic amines is 1. The van der Waals surface area contributed by atoms with Crippen LogP contribution in [0.5, 0.6) is 0 Å². The average Bonchev–Trinajstić information content (AvgIpc) is 2.79. The molecule has 1 aliphatic rings. The van der Waals surface area contributed by atoms with Gasteiger partial charge >= 0.3 is 6.09 Å². The maximum Gasteiger partial charge on any atom is 0.410 e. The molecular formula is C15H22N2O2S. The van der Waals surface area contributed by atoms with E-state index in [1.54, 1.807) is 0 Å². The van der Waals surface area contributed by atoms with Gasteiger partial charge in [0.1, 0.15) is 10.2 Å². The number of aromatic nitrogens is 1. The minimum Gasteiger partial charge on any atom is -0.444 e. The molecule has 0 unspecified atom stereocenters. The van der Waals surface area contributed by atoms with Crippen LogP contribution in [0.25, 0.3) is 0 Å². The highest BCUT2D eigenvalue weighted by Crippen LogP contribution is 2.33. The van der Waals surface area contributed by atoms with Crippen molar-refractivity contribution in [1.82, 2.24) is 9.88 Å². The second-order valence-electron chi connectivity index (χ2n) is 6.28. The van der Waals surface area contributed by atoms with Gasteiger partial charge in [-0.2, -0.15) is 0 Å². The first-order valence-electron chi connectivity index (χ1n) is 6.97. The van der Waals surface area contributed by atoms with Gasteiger partial charge in [-0.15, -0.1) is 0 Å². The summed E-state index contributed by atoms with van der Waals surface area (Å²) in [6.07, 6.45) is 3.63. The summed E-state index contributed by atoms with van der Waals surface area (Å²) in [6.45, 7) is 8.39. The predicted molar refractivity (Wildman–Crippen MR) is 81.3 cm³/mol. The zero-order valence-electron chi connectivity index (χ0n) is 12.5. The van der Waals surface area contributed by atoms with Gasteiger partial charge in [0.05, 0.1) is 6.04 Å². The number of amides is 1. The lowest BCUT2D eigenvalue weighted by atomic mass is 10.1. The highest BCUT2D eigenvalue weighted by atomic mass is 32.1. The molecule has 110 valence electrons. The number of pyridine rings is 1. The molecule has 0 aromatic carbocycles. The predicted octanol–water partition coefficient (Wildman–Crippen LogP) is 4.12. The monoisotopic (exact) mass is 294 g/mol. The lowest BCUT2D eigenvalue weighted by Crippen LogP contribution is -2.36. The van der Waals surface area contributed by atoms with Gasteiger partial charge in [0.2, 0.25) is 0 Å². The average molecular weight is 294 g/mol. The number of nitrogens with one attached hydrogen (secondary N) is 1. The number of H-pyrrole nitrogens is 1. The van der Waals surface area contributed by atoms with E-state index in [0.717, 1.165) is 35.2 Å². The Labute approximate surface area is 125 Å². The van der Waals surface area contributed by atoms with E-state index in [9.17, 15) is 4.79 Å². The van der Waals surface area contributed by atoms with E-state index in [1.807, 2.05) is 38.8 Å². The molecule has 1 aromatic rings. The van der Waals surface area contributed by atoms with Crippen molar-refractivity contribution in [2.24, 2.45) is 0 Å². The highest BCUT2D eigenvalue weighted by Gasteiger charge is 2.33. The summed E-state index contributed by atoms with van der Waals surface area (Å²) < 4.78 is 6.23. The fourth-order valence-corrected chi connectivity index (χ4v) is 2.58. The summed E-state index contributed by atoms with van der Waals surface area (Å²) in [5.41, 5.74) is 1.67. The molecular weight excluding hydrogens is 272 g/mol. The zero-order chi connectivity index (χ0) is 14.9. The molecule has 0 saturated carbocycles. The first-order chi connectivity index (χ1) is 9.28. The lowest BCUT2D eigenvalue weighted by molar-refractivity contribution is 0.0224. The number of hydrogen-bond acceptors (Lipinski definition) is 3. The Balaban J connectivity index is 2.20. The first-order valence-corrected chi connectivity index (χ1v) is 7.37. The fourth-order valence-electron chi connectivity index (χ4n) is 2.46. The van der Waals surface area contributed by atoms with E-state index in [0.29, 0.717) is 0 Å². The van der Waals surface area contributed by atoms with Crippen molar-refractivity contribution in [3.05, 3.63) is 28.0 Å². The van der Waals surface area contributed by atoms with Gasteiger partial charge in [0.25, 0.3) is 0 Å². The number of hydrogen-bond donors (Lipinski definition) is 1. The van der Waals surface area contributed by atoms with Gasteiger partial charge in [-0.3, -0.25) is 0 Å². The number of carbonyl (C=O) groups is 1. The van der Waals surface area contributed by atoms with E-state index in [-0.39, 0.29) is 12.1 Å². The molecule has 0 radical (unpaired) electrons. The molecule has 2 rings (SSSR count). The summed E-state index contributed by atoms with van der Waals surface area (Å²) in [4.78, 5) is 17.2. The van der Waals surface area contributed by atoms with E-state index in [4.69, 9.17) is 17.0 Å². The normalized spacial score (nSPS) is 19.2. The molecule has 1 aromatic heterocycles. The van der Waals surface area contributed by atoms with Gasteiger partial charge in [-0.25, -0.2) is 4.79 Å². The molecule has 0 bridgehead atoms. The summed E-state index contributed by atoms with van der Waals surface area (Å²) in [7, 11) is 0. The number of carbonyl (C=O) groups excluding carboxylic acids is 1. The van der Waals surface area contributed by atoms with Crippen molar-refractivity contribution in [1.29, 1.82) is 0 Å². The molecule has 1 N–H and O–H groups in total. The number of ether oxygens (including phenoxy) is 1. The van der Waals surface area contributed by atoms with Crippen LogP contribution < -0.4 is 0 Å². The molecule has 0 aliphatic carbocycles. The quantitative estimate of drug-likeness (QED) is 0.792. The topological polar surface area (TPSA) is 45.3 Å². The van der Waals surface area contributed by atoms with E-state index >= 15 is 0 Å². The van der Waals surface area contributed by atoms with Crippen LogP contribution in [-0.2, 0) is 4.74 Å². The third kappa shape index (κ3) is 3.39. The first kappa shape index (κ1) is 15.0. The number of likely N-dealkylation sites (tertiary alicyclic amines) is 1. The lowest BCUT2D eigenvalue weighted by Gasteiger charge is -2.28. The Morgan fingerprint density at radius 1 is 1.50 bits per heavy atom. The van der Waals surface area contributed by atoms with Crippen molar-refractivity contribution in [2.75, 3.05) is 6.54 Å². The molecule has 1 amide bonds. The molecule has 1 saturated heterocycles. The molecule has 5 heteroatoms. The van der Waals surface area contributed by atoms with E-state index < -0.39 is 5.60 Å². The molecule has 4 nitrogen and oxygen atoms in total. The van der Waals surface area contributed by atoms with Crippen molar-refractivity contribution in [3.8, 4) is 0 Å². The van der Waals surface area contributed by atoms with Gasteiger partial charge in [0.15, 0.2) is 0 Å². The Hall–Kier alpha value is -1.36. The Morgan fingerprint density at radius 3 is 2.80 bits per heavy atom. The van der Waals surface area contributed by atoms with E-state index in [2.05, 4.69) is 11.1 Å². The van der Waals surface area contributed by atoms with Crippen LogP contribution in [0.15, 0.2) is 12.3 Å². The Kier molecular flexibility index (Phi) is 4.18.